The van der Waals surface area contributed by atoms with Crippen molar-refractivity contribution in [3.8, 4) is 22.4 Å². The molecule has 1 fully saturated rings. The molecule has 0 radical (unpaired) electrons. The van der Waals surface area contributed by atoms with Crippen LogP contribution in [0.2, 0.25) is 25.2 Å². The van der Waals surface area contributed by atoms with E-state index in [9.17, 15) is 2.74 Å². The van der Waals surface area contributed by atoms with Crippen LogP contribution in [-0.4, -0.2) is 18.0 Å². The Morgan fingerprint density at radius 1 is 0.905 bits per heavy atom. The largest absolute Gasteiger partial charge is 0.455 e. The number of furan rings is 1. The summed E-state index contributed by atoms with van der Waals surface area (Å²) in [4.78, 5) is 9.28. The highest BCUT2D eigenvalue weighted by molar-refractivity contribution is 6.77. The first kappa shape index (κ1) is 19.5. The predicted molar refractivity (Wildman–Crippen MR) is 177 cm³/mol. The third-order valence-corrected chi connectivity index (χ3v) is 11.9. The molecule has 7 rings (SSSR count). The van der Waals surface area contributed by atoms with Crippen LogP contribution in [-0.2, 0) is 5.41 Å². The number of nitrogens with zero attached hydrogens (tertiary/aromatic N) is 2. The minimum Gasteiger partial charge on any atom is -0.455 e. The van der Waals surface area contributed by atoms with E-state index in [1.165, 1.54) is 12.3 Å². The highest BCUT2D eigenvalue weighted by atomic mass is 28.3. The van der Waals surface area contributed by atoms with Crippen molar-refractivity contribution in [3.05, 3.63) is 83.4 Å². The van der Waals surface area contributed by atoms with Gasteiger partial charge in [-0.25, -0.2) is 4.98 Å². The fourth-order valence-corrected chi connectivity index (χ4v) is 8.20. The molecule has 1 aliphatic rings. The topological polar surface area (TPSA) is 52.1 Å². The molecule has 1 aliphatic heterocycles. The van der Waals surface area contributed by atoms with Gasteiger partial charge < -0.3 is 8.83 Å². The maximum atomic E-state index is 9.33. The molecule has 3 aromatic heterocycles. The van der Waals surface area contributed by atoms with E-state index < -0.39 is 27.7 Å². The first-order chi connectivity index (χ1) is 23.1. The van der Waals surface area contributed by atoms with Gasteiger partial charge in [0.15, 0.2) is 5.58 Å². The zero-order valence-corrected chi connectivity index (χ0v) is 25.7. The summed E-state index contributed by atoms with van der Waals surface area (Å²) < 4.78 is 81.6. The number of benzene rings is 3. The summed E-state index contributed by atoms with van der Waals surface area (Å²) in [5.74, 6) is -0.383. The fourth-order valence-electron chi connectivity index (χ4n) is 5.99. The van der Waals surface area contributed by atoms with Crippen LogP contribution in [0.3, 0.4) is 0 Å². The highest BCUT2D eigenvalue weighted by Gasteiger charge is 2.29. The summed E-state index contributed by atoms with van der Waals surface area (Å²) in [5, 5.41) is 1.63. The van der Waals surface area contributed by atoms with Gasteiger partial charge in [0.25, 0.3) is 0 Å². The lowest BCUT2D eigenvalue weighted by Crippen LogP contribution is -2.30. The molecular weight excluding hydrogens is 533 g/mol. The quantitative estimate of drug-likeness (QED) is 0.195. The molecule has 0 unspecified atom stereocenters. The zero-order chi connectivity index (χ0) is 36.2. The van der Waals surface area contributed by atoms with Gasteiger partial charge in [-0.1, -0.05) is 76.3 Å². The maximum Gasteiger partial charge on any atom is 0.200 e. The molecule has 0 saturated carbocycles. The zero-order valence-electron chi connectivity index (χ0n) is 32.7. The first-order valence-corrected chi connectivity index (χ1v) is 18.0. The SMILES string of the molecule is [2H]c1cc(C2([2H])CC[Si](C)(C)CC2)cc(C([2H])([2H])[2H])c1-c1cc(-c2cccc3c2oc2cc4oc(C(C)(C)C)nc4cc23)ncc1C([2H])([2H])[2H]. The molecule has 1 saturated heterocycles. The first-order valence-electron chi connectivity index (χ1n) is 18.6. The Balaban J connectivity index is 1.42. The summed E-state index contributed by atoms with van der Waals surface area (Å²) in [6.45, 7) is 5.39. The summed E-state index contributed by atoms with van der Waals surface area (Å²) in [6.07, 6.45) is 2.46. The molecule has 0 spiro atoms. The van der Waals surface area contributed by atoms with Crippen LogP contribution in [0.25, 0.3) is 55.4 Å². The summed E-state index contributed by atoms with van der Waals surface area (Å²) >= 11 is 0. The Labute approximate surface area is 260 Å². The van der Waals surface area contributed by atoms with Crippen LogP contribution in [0, 0.1) is 13.7 Å². The lowest BCUT2D eigenvalue weighted by molar-refractivity contribution is 0.411. The van der Waals surface area contributed by atoms with Gasteiger partial charge in [0, 0.05) is 51.7 Å². The van der Waals surface area contributed by atoms with E-state index in [0.717, 1.165) is 22.9 Å². The molecule has 3 aromatic carbocycles. The predicted octanol–water partition coefficient (Wildman–Crippen LogP) is 11.0. The minimum atomic E-state index is -2.67. The van der Waals surface area contributed by atoms with Crippen LogP contribution in [0.4, 0.5) is 0 Å². The molecule has 4 nitrogen and oxygen atoms in total. The molecule has 4 heterocycles. The number of aromatic nitrogens is 2. The van der Waals surface area contributed by atoms with Crippen LogP contribution >= 0.6 is 0 Å². The van der Waals surface area contributed by atoms with Crippen molar-refractivity contribution < 1.29 is 19.8 Å². The average molecular weight is 581 g/mol. The van der Waals surface area contributed by atoms with Crippen molar-refractivity contribution in [1.29, 1.82) is 0 Å². The molecule has 0 bridgehead atoms. The summed E-state index contributed by atoms with van der Waals surface area (Å²) in [6, 6.07) is 15.8. The molecule has 6 aromatic rings. The third kappa shape index (κ3) is 4.68. The Morgan fingerprint density at radius 3 is 2.48 bits per heavy atom. The second kappa shape index (κ2) is 9.67. The minimum absolute atomic E-state index is 0.00973. The lowest BCUT2D eigenvalue weighted by Gasteiger charge is -2.33. The summed E-state index contributed by atoms with van der Waals surface area (Å²) in [7, 11) is -1.42. The molecular formula is C37H40N2O2Si. The van der Waals surface area contributed by atoms with Crippen LogP contribution in [0.1, 0.15) is 73.1 Å². The van der Waals surface area contributed by atoms with Gasteiger partial charge in [0.2, 0.25) is 5.89 Å². The Kier molecular flexibility index (Phi) is 4.48. The van der Waals surface area contributed by atoms with Gasteiger partial charge in [-0.3, -0.25) is 4.98 Å². The van der Waals surface area contributed by atoms with Crippen molar-refractivity contribution in [2.24, 2.45) is 0 Å². The van der Waals surface area contributed by atoms with Crippen LogP contribution in [0.5, 0.6) is 0 Å². The van der Waals surface area contributed by atoms with E-state index in [-0.39, 0.29) is 33.7 Å². The molecule has 0 amide bonds. The van der Waals surface area contributed by atoms with Crippen LogP contribution < -0.4 is 0 Å². The van der Waals surface area contributed by atoms with Crippen molar-refractivity contribution in [2.75, 3.05) is 0 Å². The van der Waals surface area contributed by atoms with E-state index in [0.29, 0.717) is 57.8 Å². The molecule has 5 heteroatoms. The smallest absolute Gasteiger partial charge is 0.200 e. The van der Waals surface area contributed by atoms with Crippen molar-refractivity contribution >= 4 is 41.1 Å². The normalized spacial score (nSPS) is 20.3. The average Bonchev–Trinajstić information content (AvgIpc) is 3.61. The van der Waals surface area contributed by atoms with Crippen molar-refractivity contribution in [3.63, 3.8) is 0 Å². The van der Waals surface area contributed by atoms with E-state index in [2.05, 4.69) is 18.1 Å². The molecule has 42 heavy (non-hydrogen) atoms. The van der Waals surface area contributed by atoms with Crippen LogP contribution in [0.15, 0.2) is 69.6 Å². The molecule has 214 valence electrons. The van der Waals surface area contributed by atoms with E-state index >= 15 is 0 Å². The lowest BCUT2D eigenvalue weighted by atomic mass is 9.88. The molecule has 0 N–H and O–H groups in total. The van der Waals surface area contributed by atoms with Gasteiger partial charge in [0.1, 0.15) is 16.7 Å². The number of hydrogen-bond donors (Lipinski definition) is 0. The monoisotopic (exact) mass is 580 g/mol. The van der Waals surface area contributed by atoms with E-state index in [1.807, 2.05) is 51.1 Å². The fraction of sp³-hybridized carbons (Fsp3) is 0.351. The number of pyridine rings is 1. The van der Waals surface area contributed by atoms with Crippen molar-refractivity contribution in [1.82, 2.24) is 9.97 Å². The number of hydrogen-bond acceptors (Lipinski definition) is 4. The number of oxazole rings is 1. The second-order valence-electron chi connectivity index (χ2n) is 13.4. The number of rotatable bonds is 3. The van der Waals surface area contributed by atoms with Gasteiger partial charge in [0.05, 0.1) is 7.06 Å². The number of para-hydroxylation sites is 1. The van der Waals surface area contributed by atoms with Gasteiger partial charge in [-0.15, -0.1) is 0 Å². The third-order valence-electron chi connectivity index (χ3n) is 8.65. The van der Waals surface area contributed by atoms with Gasteiger partial charge in [-0.05, 0) is 78.5 Å². The van der Waals surface area contributed by atoms with Crippen molar-refractivity contribution in [2.45, 2.75) is 83.8 Å². The Hall–Kier alpha value is -3.70. The number of fused-ring (bicyclic) bond motifs is 4. The highest BCUT2D eigenvalue weighted by Crippen LogP contribution is 2.41. The summed E-state index contributed by atoms with van der Waals surface area (Å²) in [5.41, 5.74) is 3.39. The maximum absolute atomic E-state index is 9.33. The van der Waals surface area contributed by atoms with Gasteiger partial charge in [-0.2, -0.15) is 0 Å². The molecule has 0 aliphatic carbocycles. The Bertz CT molecular complexity index is 2300. The molecule has 0 atom stereocenters. The standard InChI is InChI=1S/C37H40N2O2Si/c1-22-17-25(24-13-15-42(6,7)16-14-24)11-12-26(22)29-18-31(38-21-23(29)2)28-10-8-9-27-30-19-32-34(20-33(30)40-35(27)28)41-36(39-32)37(3,4)5/h8-12,17-21,24H,13-16H2,1-7H3/i1D3,2D3,12D,24D. The Morgan fingerprint density at radius 2 is 1.71 bits per heavy atom. The van der Waals surface area contributed by atoms with Gasteiger partial charge >= 0.3 is 0 Å². The number of aryl methyl sites for hydroxylation is 2. The second-order valence-corrected chi connectivity index (χ2v) is 18.8. The van der Waals surface area contributed by atoms with E-state index in [4.69, 9.17) is 22.0 Å². The van der Waals surface area contributed by atoms with E-state index in [1.54, 1.807) is 12.1 Å².